The summed E-state index contributed by atoms with van der Waals surface area (Å²) in [5.74, 6) is 3.32. The van der Waals surface area contributed by atoms with Crippen molar-refractivity contribution in [2.75, 3.05) is 12.4 Å². The van der Waals surface area contributed by atoms with Crippen LogP contribution in [0.15, 0.2) is 29.4 Å². The van der Waals surface area contributed by atoms with Gasteiger partial charge in [0.15, 0.2) is 0 Å². The van der Waals surface area contributed by atoms with Gasteiger partial charge in [0.05, 0.1) is 6.61 Å². The van der Waals surface area contributed by atoms with Crippen LogP contribution in [0.2, 0.25) is 0 Å². The smallest absolute Gasteiger partial charge is 0.208 e. The molecule has 0 saturated heterocycles. The Bertz CT molecular complexity index is 537. The van der Waals surface area contributed by atoms with Crippen molar-refractivity contribution < 1.29 is 4.74 Å². The molecule has 0 unspecified atom stereocenters. The minimum atomic E-state index is 0.398. The summed E-state index contributed by atoms with van der Waals surface area (Å²) >= 11 is 1.70. The van der Waals surface area contributed by atoms with Crippen molar-refractivity contribution in [2.45, 2.75) is 44.7 Å². The van der Waals surface area contributed by atoms with Crippen LogP contribution in [-0.4, -0.2) is 27.5 Å². The highest BCUT2D eigenvalue weighted by atomic mass is 32.2. The van der Waals surface area contributed by atoms with E-state index in [1.54, 1.807) is 11.8 Å². The average molecular weight is 305 g/mol. The van der Waals surface area contributed by atoms with Crippen LogP contribution in [0.1, 0.15) is 44.0 Å². The number of H-pyrrole nitrogens is 1. The fourth-order valence-corrected chi connectivity index (χ4v) is 2.58. The molecule has 5 heteroatoms. The van der Waals surface area contributed by atoms with Crippen LogP contribution in [0.25, 0.3) is 0 Å². The van der Waals surface area contributed by atoms with Crippen LogP contribution in [0.5, 0.6) is 5.75 Å². The predicted octanol–water partition coefficient (Wildman–Crippen LogP) is 4.19. The van der Waals surface area contributed by atoms with Crippen LogP contribution < -0.4 is 4.74 Å². The lowest BCUT2D eigenvalue weighted by Crippen LogP contribution is -1.98. The highest BCUT2D eigenvalue weighted by molar-refractivity contribution is 7.99. The summed E-state index contributed by atoms with van der Waals surface area (Å²) in [6.45, 7) is 7.05. The molecule has 0 atom stereocenters. The third kappa shape index (κ3) is 5.42. The van der Waals surface area contributed by atoms with E-state index in [0.717, 1.165) is 41.9 Å². The highest BCUT2D eigenvalue weighted by Crippen LogP contribution is 2.17. The van der Waals surface area contributed by atoms with E-state index < -0.39 is 0 Å². The summed E-state index contributed by atoms with van der Waals surface area (Å²) in [4.78, 5) is 4.45. The zero-order valence-electron chi connectivity index (χ0n) is 12.9. The first-order chi connectivity index (χ1) is 10.1. The molecule has 0 amide bonds. The molecule has 2 rings (SSSR count). The summed E-state index contributed by atoms with van der Waals surface area (Å²) in [6, 6.07) is 8.18. The molecule has 0 aliphatic heterocycles. The normalized spacial score (nSPS) is 11.0. The van der Waals surface area contributed by atoms with Crippen LogP contribution >= 0.6 is 11.8 Å². The molecule has 0 aliphatic carbocycles. The Hall–Kier alpha value is -1.49. The van der Waals surface area contributed by atoms with Gasteiger partial charge in [-0.1, -0.05) is 43.3 Å². The van der Waals surface area contributed by atoms with Crippen LogP contribution in [0.3, 0.4) is 0 Å². The van der Waals surface area contributed by atoms with E-state index in [1.165, 1.54) is 5.56 Å². The van der Waals surface area contributed by atoms with E-state index in [-0.39, 0.29) is 0 Å². The Morgan fingerprint density at radius 3 is 2.62 bits per heavy atom. The van der Waals surface area contributed by atoms with Crippen molar-refractivity contribution in [3.63, 3.8) is 0 Å². The average Bonchev–Trinajstić information content (AvgIpc) is 2.94. The molecule has 2 aromatic rings. The number of benzene rings is 1. The number of hydrogen-bond acceptors (Lipinski definition) is 4. The van der Waals surface area contributed by atoms with Gasteiger partial charge in [-0.25, -0.2) is 4.98 Å². The number of aryl methyl sites for hydroxylation is 1. The lowest BCUT2D eigenvalue weighted by Gasteiger charge is -2.05. The number of rotatable bonds is 8. The third-order valence-corrected chi connectivity index (χ3v) is 4.02. The van der Waals surface area contributed by atoms with Gasteiger partial charge in [0.2, 0.25) is 5.16 Å². The van der Waals surface area contributed by atoms with Crippen molar-refractivity contribution in [1.29, 1.82) is 0 Å². The Morgan fingerprint density at radius 1 is 1.19 bits per heavy atom. The summed E-state index contributed by atoms with van der Waals surface area (Å²) in [7, 11) is 0. The number of nitrogens with zero attached hydrogens (tertiary/aromatic N) is 2. The number of aromatic amines is 1. The fourth-order valence-electron chi connectivity index (χ4n) is 1.77. The molecule has 4 nitrogen and oxygen atoms in total. The molecule has 0 aliphatic rings. The van der Waals surface area contributed by atoms with Gasteiger partial charge in [0.1, 0.15) is 11.6 Å². The second-order valence-corrected chi connectivity index (χ2v) is 6.44. The molecule has 114 valence electrons. The SMILES string of the molecule is Cc1ccc(OCCCCSc2n[nH]c(C(C)C)n2)cc1. The van der Waals surface area contributed by atoms with E-state index in [4.69, 9.17) is 4.74 Å². The first-order valence-corrected chi connectivity index (χ1v) is 8.38. The predicted molar refractivity (Wildman–Crippen MR) is 87.1 cm³/mol. The molecule has 1 N–H and O–H groups in total. The molecule has 0 saturated carbocycles. The number of unbranched alkanes of at least 4 members (excludes halogenated alkanes) is 1. The minimum Gasteiger partial charge on any atom is -0.494 e. The summed E-state index contributed by atoms with van der Waals surface area (Å²) < 4.78 is 5.70. The quantitative estimate of drug-likeness (QED) is 0.587. The summed E-state index contributed by atoms with van der Waals surface area (Å²) in [5.41, 5.74) is 1.26. The zero-order valence-corrected chi connectivity index (χ0v) is 13.7. The molecule has 21 heavy (non-hydrogen) atoms. The van der Waals surface area contributed by atoms with Gasteiger partial charge in [-0.3, -0.25) is 5.10 Å². The molecule has 0 fully saturated rings. The van der Waals surface area contributed by atoms with Gasteiger partial charge in [-0.2, -0.15) is 0 Å². The maximum absolute atomic E-state index is 5.70. The highest BCUT2D eigenvalue weighted by Gasteiger charge is 2.06. The van der Waals surface area contributed by atoms with Gasteiger partial charge in [-0.05, 0) is 31.9 Å². The molecule has 0 bridgehead atoms. The fraction of sp³-hybridized carbons (Fsp3) is 0.500. The van der Waals surface area contributed by atoms with E-state index in [2.05, 4.69) is 48.1 Å². The number of hydrogen-bond donors (Lipinski definition) is 1. The van der Waals surface area contributed by atoms with Crippen molar-refractivity contribution in [3.05, 3.63) is 35.7 Å². The van der Waals surface area contributed by atoms with E-state index >= 15 is 0 Å². The van der Waals surface area contributed by atoms with Crippen molar-refractivity contribution in [3.8, 4) is 5.75 Å². The zero-order chi connectivity index (χ0) is 15.1. The van der Waals surface area contributed by atoms with Crippen LogP contribution in [-0.2, 0) is 0 Å². The van der Waals surface area contributed by atoms with Crippen molar-refractivity contribution in [1.82, 2.24) is 15.2 Å². The molecule has 1 aromatic carbocycles. The first-order valence-electron chi connectivity index (χ1n) is 7.39. The van der Waals surface area contributed by atoms with E-state index in [0.29, 0.717) is 5.92 Å². The Labute approximate surface area is 130 Å². The molecular formula is C16H23N3OS. The molecule has 0 radical (unpaired) electrons. The number of thioether (sulfide) groups is 1. The van der Waals surface area contributed by atoms with E-state index in [9.17, 15) is 0 Å². The third-order valence-electron chi connectivity index (χ3n) is 3.09. The number of aromatic nitrogens is 3. The number of nitrogens with one attached hydrogen (secondary N) is 1. The second kappa shape index (κ2) is 8.08. The first kappa shape index (κ1) is 15.9. The molecule has 1 heterocycles. The van der Waals surface area contributed by atoms with Gasteiger partial charge in [0.25, 0.3) is 0 Å². The second-order valence-electron chi connectivity index (χ2n) is 5.38. The molecular weight excluding hydrogens is 282 g/mol. The van der Waals surface area contributed by atoms with Crippen molar-refractivity contribution >= 4 is 11.8 Å². The Kier molecular flexibility index (Phi) is 6.11. The van der Waals surface area contributed by atoms with Crippen molar-refractivity contribution in [2.24, 2.45) is 0 Å². The maximum Gasteiger partial charge on any atom is 0.208 e. The lowest BCUT2D eigenvalue weighted by atomic mass is 10.2. The standard InChI is InChI=1S/C16H23N3OS/c1-12(2)15-17-16(19-18-15)21-11-5-4-10-20-14-8-6-13(3)7-9-14/h6-9,12H,4-5,10-11H2,1-3H3,(H,17,18,19). The molecule has 1 aromatic heterocycles. The topological polar surface area (TPSA) is 50.8 Å². The summed E-state index contributed by atoms with van der Waals surface area (Å²) in [6.07, 6.45) is 2.14. The number of ether oxygens (including phenoxy) is 1. The van der Waals surface area contributed by atoms with Crippen LogP contribution in [0, 0.1) is 6.92 Å². The van der Waals surface area contributed by atoms with Gasteiger partial charge < -0.3 is 4.74 Å². The Balaban J connectivity index is 1.58. The lowest BCUT2D eigenvalue weighted by molar-refractivity contribution is 0.310. The van der Waals surface area contributed by atoms with Gasteiger partial charge in [0, 0.05) is 11.7 Å². The maximum atomic E-state index is 5.70. The largest absolute Gasteiger partial charge is 0.494 e. The monoisotopic (exact) mass is 305 g/mol. The summed E-state index contributed by atoms with van der Waals surface area (Å²) in [5, 5.41) is 8.03. The van der Waals surface area contributed by atoms with Gasteiger partial charge >= 0.3 is 0 Å². The van der Waals surface area contributed by atoms with Gasteiger partial charge in [-0.15, -0.1) is 5.10 Å². The van der Waals surface area contributed by atoms with Crippen LogP contribution in [0.4, 0.5) is 0 Å². The molecule has 0 spiro atoms. The van der Waals surface area contributed by atoms with E-state index in [1.807, 2.05) is 12.1 Å². The Morgan fingerprint density at radius 2 is 1.95 bits per heavy atom. The minimum absolute atomic E-state index is 0.398.